The lowest BCUT2D eigenvalue weighted by molar-refractivity contribution is 0.139. The summed E-state index contributed by atoms with van der Waals surface area (Å²) in [6.07, 6.45) is 7.59. The van der Waals surface area contributed by atoms with E-state index >= 15 is 0 Å². The van der Waals surface area contributed by atoms with Crippen molar-refractivity contribution in [1.29, 1.82) is 0 Å². The largest absolute Gasteiger partial charge is 0.361 e. The molecule has 4 nitrogen and oxygen atoms in total. The third-order valence-electron chi connectivity index (χ3n) is 4.23. The minimum atomic E-state index is 0.464. The number of likely N-dealkylation sites (tertiary alicyclic amines) is 1. The van der Waals surface area contributed by atoms with Gasteiger partial charge in [0.1, 0.15) is 5.76 Å². The van der Waals surface area contributed by atoms with Crippen molar-refractivity contribution in [3.63, 3.8) is 0 Å². The molecule has 1 fully saturated rings. The van der Waals surface area contributed by atoms with Crippen molar-refractivity contribution in [3.05, 3.63) is 47.1 Å². The van der Waals surface area contributed by atoms with E-state index in [1.807, 2.05) is 32.3 Å². The molecule has 0 amide bonds. The molecule has 4 heteroatoms. The van der Waals surface area contributed by atoms with Crippen molar-refractivity contribution in [2.45, 2.75) is 45.7 Å². The molecule has 1 unspecified atom stereocenters. The van der Waals surface area contributed by atoms with E-state index in [4.69, 9.17) is 4.52 Å². The molecule has 106 valence electrons. The first-order valence-corrected chi connectivity index (χ1v) is 7.31. The summed E-state index contributed by atoms with van der Waals surface area (Å²) in [5.41, 5.74) is 3.57. The van der Waals surface area contributed by atoms with E-state index < -0.39 is 0 Å². The van der Waals surface area contributed by atoms with Gasteiger partial charge in [0, 0.05) is 30.5 Å². The Balaban J connectivity index is 1.83. The Bertz CT molecular complexity index is 545. The van der Waals surface area contributed by atoms with Crippen LogP contribution in [0.4, 0.5) is 0 Å². The number of rotatable bonds is 3. The highest BCUT2D eigenvalue weighted by Crippen LogP contribution is 2.32. The SMILES string of the molecule is Cc1noc(C)c1CN1CCCCC1c1cccnc1. The summed E-state index contributed by atoms with van der Waals surface area (Å²) in [5, 5.41) is 4.07. The summed E-state index contributed by atoms with van der Waals surface area (Å²) < 4.78 is 5.29. The second kappa shape index (κ2) is 5.75. The average Bonchev–Trinajstić information content (AvgIpc) is 2.81. The van der Waals surface area contributed by atoms with Crippen LogP contribution in [-0.4, -0.2) is 21.6 Å². The summed E-state index contributed by atoms with van der Waals surface area (Å²) in [6, 6.07) is 4.67. The first kappa shape index (κ1) is 13.3. The fraction of sp³-hybridized carbons (Fsp3) is 0.500. The third-order valence-corrected chi connectivity index (χ3v) is 4.23. The first-order chi connectivity index (χ1) is 9.75. The summed E-state index contributed by atoms with van der Waals surface area (Å²) >= 11 is 0. The van der Waals surface area contributed by atoms with Gasteiger partial charge < -0.3 is 4.52 Å². The number of piperidine rings is 1. The Hall–Kier alpha value is -1.68. The highest BCUT2D eigenvalue weighted by Gasteiger charge is 2.25. The summed E-state index contributed by atoms with van der Waals surface area (Å²) in [7, 11) is 0. The number of hydrogen-bond acceptors (Lipinski definition) is 4. The molecule has 1 saturated heterocycles. The predicted octanol–water partition coefficient (Wildman–Crippen LogP) is 3.41. The van der Waals surface area contributed by atoms with Crippen molar-refractivity contribution < 1.29 is 4.52 Å². The van der Waals surface area contributed by atoms with Crippen molar-refractivity contribution in [3.8, 4) is 0 Å². The van der Waals surface area contributed by atoms with Gasteiger partial charge in [-0.2, -0.15) is 0 Å². The van der Waals surface area contributed by atoms with E-state index in [0.717, 1.165) is 24.5 Å². The molecule has 1 atom stereocenters. The van der Waals surface area contributed by atoms with Gasteiger partial charge in [-0.3, -0.25) is 9.88 Å². The Morgan fingerprint density at radius 2 is 2.25 bits per heavy atom. The molecule has 1 aliphatic rings. The van der Waals surface area contributed by atoms with Crippen LogP contribution in [0.1, 0.15) is 47.9 Å². The van der Waals surface area contributed by atoms with Gasteiger partial charge in [0.05, 0.1) is 5.69 Å². The van der Waals surface area contributed by atoms with E-state index in [1.165, 1.54) is 30.4 Å². The lowest BCUT2D eigenvalue weighted by Crippen LogP contribution is -2.33. The molecule has 0 radical (unpaired) electrons. The fourth-order valence-electron chi connectivity index (χ4n) is 3.06. The van der Waals surface area contributed by atoms with Gasteiger partial charge in [0.2, 0.25) is 0 Å². The molecule has 3 rings (SSSR count). The van der Waals surface area contributed by atoms with E-state index in [0.29, 0.717) is 6.04 Å². The molecule has 20 heavy (non-hydrogen) atoms. The molecule has 0 aliphatic carbocycles. The number of nitrogens with zero attached hydrogens (tertiary/aromatic N) is 3. The second-order valence-electron chi connectivity index (χ2n) is 5.57. The molecule has 0 spiro atoms. The van der Waals surface area contributed by atoms with Crippen LogP contribution in [0.5, 0.6) is 0 Å². The van der Waals surface area contributed by atoms with Crippen molar-refractivity contribution in [1.82, 2.24) is 15.0 Å². The summed E-state index contributed by atoms with van der Waals surface area (Å²) in [4.78, 5) is 6.80. The normalized spacial score (nSPS) is 20.2. The van der Waals surface area contributed by atoms with Crippen LogP contribution < -0.4 is 0 Å². The van der Waals surface area contributed by atoms with Crippen molar-refractivity contribution in [2.24, 2.45) is 0 Å². The lowest BCUT2D eigenvalue weighted by Gasteiger charge is -2.35. The van der Waals surface area contributed by atoms with Gasteiger partial charge in [-0.25, -0.2) is 0 Å². The Morgan fingerprint density at radius 1 is 1.35 bits per heavy atom. The monoisotopic (exact) mass is 271 g/mol. The number of hydrogen-bond donors (Lipinski definition) is 0. The molecule has 0 N–H and O–H groups in total. The highest BCUT2D eigenvalue weighted by atomic mass is 16.5. The molecular formula is C16H21N3O. The molecule has 0 aromatic carbocycles. The zero-order valence-corrected chi connectivity index (χ0v) is 12.2. The third kappa shape index (κ3) is 2.61. The Morgan fingerprint density at radius 3 is 2.95 bits per heavy atom. The second-order valence-corrected chi connectivity index (χ2v) is 5.57. The van der Waals surface area contributed by atoms with Gasteiger partial charge in [-0.15, -0.1) is 0 Å². The summed E-state index contributed by atoms with van der Waals surface area (Å²) in [5.74, 6) is 0.943. The van der Waals surface area contributed by atoms with E-state index in [9.17, 15) is 0 Å². The molecule has 0 saturated carbocycles. The average molecular weight is 271 g/mol. The zero-order valence-electron chi connectivity index (χ0n) is 12.2. The van der Waals surface area contributed by atoms with E-state index in [2.05, 4.69) is 21.1 Å². The van der Waals surface area contributed by atoms with E-state index in [1.54, 1.807) is 0 Å². The molecule has 0 bridgehead atoms. The fourth-order valence-corrected chi connectivity index (χ4v) is 3.06. The number of aromatic nitrogens is 2. The molecule has 1 aliphatic heterocycles. The van der Waals surface area contributed by atoms with Gasteiger partial charge in [0.15, 0.2) is 0 Å². The smallest absolute Gasteiger partial charge is 0.138 e. The number of pyridine rings is 1. The van der Waals surface area contributed by atoms with Gasteiger partial charge in [-0.1, -0.05) is 17.6 Å². The minimum Gasteiger partial charge on any atom is -0.361 e. The van der Waals surface area contributed by atoms with Crippen molar-refractivity contribution >= 4 is 0 Å². The van der Waals surface area contributed by atoms with Crippen LogP contribution in [-0.2, 0) is 6.54 Å². The topological polar surface area (TPSA) is 42.2 Å². The van der Waals surface area contributed by atoms with Crippen LogP contribution in [0.25, 0.3) is 0 Å². The maximum atomic E-state index is 5.29. The van der Waals surface area contributed by atoms with Gasteiger partial charge >= 0.3 is 0 Å². The zero-order chi connectivity index (χ0) is 13.9. The van der Waals surface area contributed by atoms with Gasteiger partial charge in [0.25, 0.3) is 0 Å². The van der Waals surface area contributed by atoms with Crippen LogP contribution >= 0.6 is 0 Å². The Labute approximate surface area is 119 Å². The maximum Gasteiger partial charge on any atom is 0.138 e. The van der Waals surface area contributed by atoms with Crippen LogP contribution in [0.2, 0.25) is 0 Å². The molecule has 2 aromatic heterocycles. The van der Waals surface area contributed by atoms with E-state index in [-0.39, 0.29) is 0 Å². The first-order valence-electron chi connectivity index (χ1n) is 7.31. The highest BCUT2D eigenvalue weighted by molar-refractivity contribution is 5.22. The number of aryl methyl sites for hydroxylation is 2. The Kier molecular flexibility index (Phi) is 3.83. The summed E-state index contributed by atoms with van der Waals surface area (Å²) in [6.45, 7) is 6.07. The standard InChI is InChI=1S/C16H21N3O/c1-12-15(13(2)20-18-12)11-19-9-4-3-7-16(19)14-6-5-8-17-10-14/h5-6,8,10,16H,3-4,7,9,11H2,1-2H3. The molecule has 2 aromatic rings. The van der Waals surface area contributed by atoms with Gasteiger partial charge in [-0.05, 0) is 44.9 Å². The van der Waals surface area contributed by atoms with Crippen LogP contribution in [0, 0.1) is 13.8 Å². The van der Waals surface area contributed by atoms with Crippen LogP contribution in [0.3, 0.4) is 0 Å². The molecule has 3 heterocycles. The maximum absolute atomic E-state index is 5.29. The minimum absolute atomic E-state index is 0.464. The van der Waals surface area contributed by atoms with Crippen molar-refractivity contribution in [2.75, 3.05) is 6.54 Å². The lowest BCUT2D eigenvalue weighted by atomic mass is 9.95. The quantitative estimate of drug-likeness (QED) is 0.858. The molecular weight excluding hydrogens is 250 g/mol. The van der Waals surface area contributed by atoms with Crippen LogP contribution in [0.15, 0.2) is 29.0 Å². The predicted molar refractivity (Wildman–Crippen MR) is 77.2 cm³/mol.